The number of benzene rings is 1. The number of nitrogens with one attached hydrogen (secondary N) is 1. The van der Waals surface area contributed by atoms with Crippen LogP contribution in [0.4, 0.5) is 5.69 Å². The number of sulfonamides is 1. The minimum Gasteiger partial charge on any atom is -0.494 e. The van der Waals surface area contributed by atoms with Gasteiger partial charge in [0.05, 0.1) is 12.9 Å². The molecule has 1 N–H and O–H groups in total. The van der Waals surface area contributed by atoms with Crippen molar-refractivity contribution < 1.29 is 17.9 Å². The largest absolute Gasteiger partial charge is 0.494 e. The van der Waals surface area contributed by atoms with E-state index in [1.165, 1.54) is 16.8 Å². The van der Waals surface area contributed by atoms with Crippen molar-refractivity contribution in [3.05, 3.63) is 36.8 Å². The summed E-state index contributed by atoms with van der Waals surface area (Å²) in [5.41, 5.74) is 0.701. The van der Waals surface area contributed by atoms with Gasteiger partial charge in [0.1, 0.15) is 5.75 Å². The Morgan fingerprint density at radius 1 is 1.26 bits per heavy atom. The van der Waals surface area contributed by atoms with E-state index in [1.54, 1.807) is 35.9 Å². The first-order valence-electron chi connectivity index (χ1n) is 8.92. The molecular weight excluding hydrogens is 368 g/mol. The zero-order chi connectivity index (χ0) is 19.4. The van der Waals surface area contributed by atoms with E-state index in [9.17, 15) is 13.2 Å². The third-order valence-corrected chi connectivity index (χ3v) is 6.33. The lowest BCUT2D eigenvalue weighted by atomic mass is 9.97. The molecule has 0 bridgehead atoms. The Kier molecular flexibility index (Phi) is 5.81. The molecule has 1 saturated heterocycles. The number of amides is 1. The fourth-order valence-corrected chi connectivity index (χ4v) is 4.49. The third kappa shape index (κ3) is 4.48. The van der Waals surface area contributed by atoms with Crippen molar-refractivity contribution in [2.45, 2.75) is 24.8 Å². The van der Waals surface area contributed by atoms with Crippen LogP contribution in [0, 0.1) is 5.92 Å². The molecular formula is C18H24N4O4S. The van der Waals surface area contributed by atoms with Crippen LogP contribution >= 0.6 is 0 Å². The molecule has 8 nitrogen and oxygen atoms in total. The fraction of sp³-hybridized carbons (Fsp3) is 0.444. The first-order chi connectivity index (χ1) is 12.9. The maximum Gasteiger partial charge on any atom is 0.262 e. The normalized spacial score (nSPS) is 16.2. The molecule has 0 spiro atoms. The quantitative estimate of drug-likeness (QED) is 0.810. The van der Waals surface area contributed by atoms with Crippen LogP contribution in [0.3, 0.4) is 0 Å². The number of aromatic nitrogens is 2. The Bertz CT molecular complexity index is 884. The first-order valence-corrected chi connectivity index (χ1v) is 10.4. The highest BCUT2D eigenvalue weighted by molar-refractivity contribution is 7.89. The van der Waals surface area contributed by atoms with Gasteiger partial charge >= 0.3 is 0 Å². The number of imidazole rings is 1. The van der Waals surface area contributed by atoms with Gasteiger partial charge in [-0.2, -0.15) is 4.31 Å². The topological polar surface area (TPSA) is 93.5 Å². The maximum atomic E-state index is 12.6. The number of rotatable bonds is 6. The summed E-state index contributed by atoms with van der Waals surface area (Å²) in [5, 5.41) is 2.94. The zero-order valence-electron chi connectivity index (χ0n) is 15.5. The molecule has 1 fully saturated rings. The van der Waals surface area contributed by atoms with Crippen LogP contribution in [-0.4, -0.2) is 47.9 Å². The second-order valence-electron chi connectivity index (χ2n) is 6.50. The lowest BCUT2D eigenvalue weighted by Crippen LogP contribution is -2.41. The van der Waals surface area contributed by atoms with E-state index in [0.29, 0.717) is 38.2 Å². The lowest BCUT2D eigenvalue weighted by Gasteiger charge is -2.29. The fourth-order valence-electron chi connectivity index (χ4n) is 3.06. The van der Waals surface area contributed by atoms with E-state index in [0.717, 1.165) is 5.75 Å². The van der Waals surface area contributed by atoms with Crippen molar-refractivity contribution in [1.29, 1.82) is 0 Å². The number of hydrogen-bond donors (Lipinski definition) is 1. The van der Waals surface area contributed by atoms with Crippen LogP contribution in [0.25, 0.3) is 0 Å². The molecule has 146 valence electrons. The summed E-state index contributed by atoms with van der Waals surface area (Å²) in [6, 6.07) is 7.20. The predicted octanol–water partition coefficient (Wildman–Crippen LogP) is 1.86. The van der Waals surface area contributed by atoms with E-state index in [1.807, 2.05) is 6.92 Å². The number of aryl methyl sites for hydroxylation is 1. The number of carbonyl (C=O) groups is 1. The smallest absolute Gasteiger partial charge is 0.262 e. The van der Waals surface area contributed by atoms with Crippen molar-refractivity contribution in [2.24, 2.45) is 13.0 Å². The van der Waals surface area contributed by atoms with E-state index in [-0.39, 0.29) is 16.9 Å². The van der Waals surface area contributed by atoms with Gasteiger partial charge in [-0.15, -0.1) is 0 Å². The number of ether oxygens (including phenoxy) is 1. The highest BCUT2D eigenvalue weighted by atomic mass is 32.2. The Morgan fingerprint density at radius 3 is 2.48 bits per heavy atom. The third-order valence-electron chi connectivity index (χ3n) is 4.54. The number of hydrogen-bond acceptors (Lipinski definition) is 5. The van der Waals surface area contributed by atoms with Crippen LogP contribution < -0.4 is 10.1 Å². The Labute approximate surface area is 159 Å². The summed E-state index contributed by atoms with van der Waals surface area (Å²) in [4.78, 5) is 16.4. The van der Waals surface area contributed by atoms with Gasteiger partial charge in [0, 0.05) is 37.9 Å². The van der Waals surface area contributed by atoms with Crippen molar-refractivity contribution >= 4 is 21.6 Å². The summed E-state index contributed by atoms with van der Waals surface area (Å²) >= 11 is 0. The van der Waals surface area contributed by atoms with Crippen molar-refractivity contribution in [3.8, 4) is 5.75 Å². The first kappa shape index (κ1) is 19.4. The van der Waals surface area contributed by atoms with E-state index in [4.69, 9.17) is 4.74 Å². The standard InChI is InChI=1S/C18H24N4O4S/c1-3-26-16-6-4-15(5-7-16)20-18(23)14-8-10-22(11-9-14)27(24,25)17-12-21(2)13-19-17/h4-7,12-14H,3,8-11H2,1-2H3,(H,20,23). The molecule has 0 aliphatic carbocycles. The highest BCUT2D eigenvalue weighted by Crippen LogP contribution is 2.24. The lowest BCUT2D eigenvalue weighted by molar-refractivity contribution is -0.120. The molecule has 2 aromatic rings. The van der Waals surface area contributed by atoms with E-state index in [2.05, 4.69) is 10.3 Å². The number of piperidine rings is 1. The molecule has 27 heavy (non-hydrogen) atoms. The zero-order valence-corrected chi connectivity index (χ0v) is 16.3. The Hall–Kier alpha value is -2.39. The molecule has 0 saturated carbocycles. The summed E-state index contributed by atoms with van der Waals surface area (Å²) in [5.74, 6) is 0.448. The molecule has 1 aromatic heterocycles. The molecule has 2 heterocycles. The van der Waals surface area contributed by atoms with Crippen molar-refractivity contribution in [3.63, 3.8) is 0 Å². The molecule has 1 aliphatic rings. The molecule has 1 aliphatic heterocycles. The highest BCUT2D eigenvalue weighted by Gasteiger charge is 2.33. The van der Waals surface area contributed by atoms with Crippen LogP contribution in [0.1, 0.15) is 19.8 Å². The van der Waals surface area contributed by atoms with Crippen LogP contribution in [-0.2, 0) is 21.9 Å². The average molecular weight is 392 g/mol. The average Bonchev–Trinajstić information content (AvgIpc) is 3.11. The van der Waals surface area contributed by atoms with Gasteiger partial charge in [-0.05, 0) is 44.0 Å². The molecule has 0 atom stereocenters. The van der Waals surface area contributed by atoms with Gasteiger partial charge in [-0.3, -0.25) is 4.79 Å². The summed E-state index contributed by atoms with van der Waals surface area (Å²) in [6.07, 6.45) is 3.91. The van der Waals surface area contributed by atoms with Gasteiger partial charge in [0.25, 0.3) is 10.0 Å². The van der Waals surface area contributed by atoms with Gasteiger partial charge in [0.2, 0.25) is 5.91 Å². The molecule has 3 rings (SSSR count). The molecule has 0 unspecified atom stereocenters. The van der Waals surface area contributed by atoms with Crippen LogP contribution in [0.15, 0.2) is 41.8 Å². The molecule has 9 heteroatoms. The Morgan fingerprint density at radius 2 is 1.93 bits per heavy atom. The number of carbonyl (C=O) groups excluding carboxylic acids is 1. The minimum absolute atomic E-state index is 0.0438. The van der Waals surface area contributed by atoms with Crippen LogP contribution in [0.5, 0.6) is 5.75 Å². The Balaban J connectivity index is 1.56. The molecule has 0 radical (unpaired) electrons. The summed E-state index contributed by atoms with van der Waals surface area (Å²) in [7, 11) is -1.88. The second kappa shape index (κ2) is 8.10. The SMILES string of the molecule is CCOc1ccc(NC(=O)C2CCN(S(=O)(=O)c3cn(C)cn3)CC2)cc1. The van der Waals surface area contributed by atoms with E-state index >= 15 is 0 Å². The predicted molar refractivity (Wildman–Crippen MR) is 101 cm³/mol. The van der Waals surface area contributed by atoms with Crippen molar-refractivity contribution in [2.75, 3.05) is 25.0 Å². The van der Waals surface area contributed by atoms with Gasteiger partial charge in [0.15, 0.2) is 5.03 Å². The van der Waals surface area contributed by atoms with Gasteiger partial charge in [-0.1, -0.05) is 0 Å². The number of nitrogens with zero attached hydrogens (tertiary/aromatic N) is 3. The van der Waals surface area contributed by atoms with Crippen LogP contribution in [0.2, 0.25) is 0 Å². The summed E-state index contributed by atoms with van der Waals surface area (Å²) < 4.78 is 33.6. The number of anilines is 1. The molecule has 1 aromatic carbocycles. The minimum atomic E-state index is -3.60. The van der Waals surface area contributed by atoms with Gasteiger partial charge in [-0.25, -0.2) is 13.4 Å². The monoisotopic (exact) mass is 392 g/mol. The van der Waals surface area contributed by atoms with E-state index < -0.39 is 10.0 Å². The van der Waals surface area contributed by atoms with Crippen molar-refractivity contribution in [1.82, 2.24) is 13.9 Å². The van der Waals surface area contributed by atoms with Gasteiger partial charge < -0.3 is 14.6 Å². The second-order valence-corrected chi connectivity index (χ2v) is 8.39. The maximum absolute atomic E-state index is 12.6. The summed E-state index contributed by atoms with van der Waals surface area (Å²) in [6.45, 7) is 3.11. The molecule has 1 amide bonds.